The number of thioether (sulfide) groups is 1. The summed E-state index contributed by atoms with van der Waals surface area (Å²) in [4.78, 5) is 13.6. The zero-order chi connectivity index (χ0) is 21.5. The topological polar surface area (TPSA) is 26.3 Å². The van der Waals surface area contributed by atoms with Crippen molar-refractivity contribution >= 4 is 39.3 Å². The highest BCUT2D eigenvalue weighted by Crippen LogP contribution is 2.57. The Kier molecular flexibility index (Phi) is 4.51. The molecule has 1 fully saturated rings. The number of carbonyl (C=O) groups is 1. The molecule has 0 N–H and O–H groups in total. The molecule has 1 aliphatic rings. The van der Waals surface area contributed by atoms with E-state index in [2.05, 4.69) is 42.5 Å². The molecule has 32 heavy (non-hydrogen) atoms. The van der Waals surface area contributed by atoms with Crippen LogP contribution in [0.15, 0.2) is 115 Å². The molecular weight excluding hydrogens is 412 g/mol. The normalized spacial score (nSPS) is 17.5. The molecule has 0 aromatic heterocycles. The maximum Gasteiger partial charge on any atom is 0.333 e. The fourth-order valence-electron chi connectivity index (χ4n) is 4.70. The van der Waals surface area contributed by atoms with Crippen LogP contribution in [0.1, 0.15) is 22.1 Å². The lowest BCUT2D eigenvalue weighted by Gasteiger charge is -2.25. The van der Waals surface area contributed by atoms with Crippen LogP contribution in [0.25, 0.3) is 21.5 Å². The molecule has 0 radical (unpaired) electrons. The molecule has 0 saturated carbocycles. The summed E-state index contributed by atoms with van der Waals surface area (Å²) in [6.07, 6.45) is 0. The van der Waals surface area contributed by atoms with E-state index in [0.717, 1.165) is 27.5 Å². The quantitative estimate of drug-likeness (QED) is 0.222. The van der Waals surface area contributed by atoms with E-state index in [4.69, 9.17) is 4.74 Å². The third-order valence-electron chi connectivity index (χ3n) is 6.20. The molecule has 6 rings (SSSR count). The summed E-state index contributed by atoms with van der Waals surface area (Å²) in [7, 11) is 0. The van der Waals surface area contributed by atoms with E-state index in [1.165, 1.54) is 10.8 Å². The summed E-state index contributed by atoms with van der Waals surface area (Å²) < 4.78 is 5.25. The van der Waals surface area contributed by atoms with Crippen LogP contribution in [-0.4, -0.2) is 5.97 Å². The summed E-state index contributed by atoms with van der Waals surface area (Å²) in [5, 5.41) is 4.65. The monoisotopic (exact) mass is 432 g/mol. The second-order valence-electron chi connectivity index (χ2n) is 8.00. The Labute approximate surface area is 190 Å². The van der Waals surface area contributed by atoms with Gasteiger partial charge in [0.25, 0.3) is 0 Å². The highest BCUT2D eigenvalue weighted by molar-refractivity contribution is 8.01. The Morgan fingerprint density at radius 2 is 1.16 bits per heavy atom. The Hall–Kier alpha value is -3.56. The number of carbonyl (C=O) groups excluding carboxylic acids is 1. The van der Waals surface area contributed by atoms with Crippen LogP contribution in [0.4, 0.5) is 0 Å². The minimum Gasteiger partial charge on any atom is -0.445 e. The number of hydrogen-bond donors (Lipinski definition) is 0. The van der Waals surface area contributed by atoms with Gasteiger partial charge >= 0.3 is 5.97 Å². The van der Waals surface area contributed by atoms with Crippen molar-refractivity contribution in [1.82, 2.24) is 0 Å². The maximum absolute atomic E-state index is 13.6. The Morgan fingerprint density at radius 1 is 0.625 bits per heavy atom. The Morgan fingerprint density at radius 3 is 1.81 bits per heavy atom. The molecule has 3 heteroatoms. The molecule has 1 heterocycles. The number of esters is 1. The highest BCUT2D eigenvalue weighted by atomic mass is 32.2. The van der Waals surface area contributed by atoms with Gasteiger partial charge in [-0.25, -0.2) is 4.79 Å². The van der Waals surface area contributed by atoms with E-state index in [-0.39, 0.29) is 5.97 Å². The number of fused-ring (bicyclic) bond motifs is 3. The summed E-state index contributed by atoms with van der Waals surface area (Å²) in [6, 6.07) is 38.9. The second kappa shape index (κ2) is 7.54. The molecule has 2 nitrogen and oxygen atoms in total. The van der Waals surface area contributed by atoms with Crippen molar-refractivity contribution in [3.8, 4) is 0 Å². The van der Waals surface area contributed by atoms with E-state index in [0.29, 0.717) is 0 Å². The zero-order valence-corrected chi connectivity index (χ0v) is 18.1. The van der Waals surface area contributed by atoms with Gasteiger partial charge in [-0.05, 0) is 38.7 Å². The van der Waals surface area contributed by atoms with Crippen LogP contribution in [0, 0.1) is 0 Å². The molecule has 5 aromatic carbocycles. The van der Waals surface area contributed by atoms with Gasteiger partial charge in [-0.15, -0.1) is 0 Å². The lowest BCUT2D eigenvalue weighted by molar-refractivity contribution is -0.144. The van der Waals surface area contributed by atoms with Gasteiger partial charge in [0.2, 0.25) is 0 Å². The Balaban J connectivity index is 1.56. The largest absolute Gasteiger partial charge is 0.445 e. The highest BCUT2D eigenvalue weighted by Gasteiger charge is 2.53. The van der Waals surface area contributed by atoms with Crippen molar-refractivity contribution in [2.24, 2.45) is 0 Å². The van der Waals surface area contributed by atoms with Crippen LogP contribution >= 0.6 is 11.8 Å². The molecule has 5 aromatic rings. The van der Waals surface area contributed by atoms with Crippen LogP contribution in [-0.2, 0) is 14.3 Å². The van der Waals surface area contributed by atoms with Crippen molar-refractivity contribution in [3.05, 3.63) is 132 Å². The van der Waals surface area contributed by atoms with Gasteiger partial charge in [-0.1, -0.05) is 121 Å². The fraction of sp³-hybridized carbons (Fsp3) is 0.0690. The van der Waals surface area contributed by atoms with Gasteiger partial charge in [0.05, 0.1) is 0 Å². The molecule has 1 atom stereocenters. The summed E-state index contributed by atoms with van der Waals surface area (Å²) in [6.45, 7) is 0. The average Bonchev–Trinajstić information content (AvgIpc) is 3.22. The van der Waals surface area contributed by atoms with E-state index < -0.39 is 10.2 Å². The predicted octanol–water partition coefficient (Wildman–Crippen LogP) is 7.23. The molecule has 1 aliphatic heterocycles. The van der Waals surface area contributed by atoms with Gasteiger partial charge in [0, 0.05) is 5.56 Å². The van der Waals surface area contributed by atoms with E-state index in [1.807, 2.05) is 72.8 Å². The first kappa shape index (κ1) is 19.1. The van der Waals surface area contributed by atoms with Gasteiger partial charge in [-0.3, -0.25) is 0 Å². The van der Waals surface area contributed by atoms with E-state index in [9.17, 15) is 4.79 Å². The van der Waals surface area contributed by atoms with Gasteiger partial charge in [0.1, 0.15) is 0 Å². The standard InChI is InChI=1S/C29H20O2S/c30-28-29(21-12-3-1-4-13-21,22-14-5-2-6-15-22)32-27(31-28)26-19-20-11-7-8-16-23(20)24-17-9-10-18-25(24)26/h1-19,27H/t27-/m0/s1. The maximum atomic E-state index is 13.6. The van der Waals surface area contributed by atoms with Gasteiger partial charge < -0.3 is 4.74 Å². The zero-order valence-electron chi connectivity index (χ0n) is 17.3. The number of rotatable bonds is 3. The average molecular weight is 433 g/mol. The molecule has 0 bridgehead atoms. The SMILES string of the molecule is O=C1O[C@H](c2cc3ccccc3c3ccccc23)SC1(c1ccccc1)c1ccccc1. The Bertz CT molecular complexity index is 1400. The minimum absolute atomic E-state index is 0.220. The van der Waals surface area contributed by atoms with Crippen molar-refractivity contribution in [2.75, 3.05) is 0 Å². The number of hydrogen-bond acceptors (Lipinski definition) is 3. The van der Waals surface area contributed by atoms with Crippen molar-refractivity contribution in [1.29, 1.82) is 0 Å². The molecule has 1 saturated heterocycles. The molecule has 0 aliphatic carbocycles. The number of ether oxygens (including phenoxy) is 1. The third kappa shape index (κ3) is 2.85. The number of benzene rings is 5. The summed E-state index contributed by atoms with van der Waals surface area (Å²) in [5.41, 5.74) is 2.51. The first-order valence-corrected chi connectivity index (χ1v) is 11.6. The minimum atomic E-state index is -0.903. The van der Waals surface area contributed by atoms with Crippen LogP contribution in [0.2, 0.25) is 0 Å². The predicted molar refractivity (Wildman–Crippen MR) is 132 cm³/mol. The lowest BCUT2D eigenvalue weighted by Crippen LogP contribution is -2.30. The fourth-order valence-corrected chi connectivity index (χ4v) is 6.17. The van der Waals surface area contributed by atoms with E-state index in [1.54, 1.807) is 11.8 Å². The van der Waals surface area contributed by atoms with Crippen LogP contribution < -0.4 is 0 Å². The smallest absolute Gasteiger partial charge is 0.333 e. The van der Waals surface area contributed by atoms with Crippen molar-refractivity contribution < 1.29 is 9.53 Å². The van der Waals surface area contributed by atoms with Crippen LogP contribution in [0.3, 0.4) is 0 Å². The van der Waals surface area contributed by atoms with Gasteiger partial charge in [0.15, 0.2) is 10.2 Å². The molecule has 0 amide bonds. The molecular formula is C29H20O2S. The molecule has 154 valence electrons. The third-order valence-corrected chi connectivity index (χ3v) is 7.76. The van der Waals surface area contributed by atoms with Crippen molar-refractivity contribution in [3.63, 3.8) is 0 Å². The molecule has 0 spiro atoms. The summed E-state index contributed by atoms with van der Waals surface area (Å²) in [5.74, 6) is -0.220. The first-order chi connectivity index (χ1) is 15.8. The van der Waals surface area contributed by atoms with Crippen LogP contribution in [0.5, 0.6) is 0 Å². The first-order valence-electron chi connectivity index (χ1n) is 10.7. The summed E-state index contributed by atoms with van der Waals surface area (Å²) >= 11 is 1.58. The van der Waals surface area contributed by atoms with Gasteiger partial charge in [-0.2, -0.15) is 0 Å². The van der Waals surface area contributed by atoms with E-state index >= 15 is 0 Å². The number of cyclic esters (lactones) is 1. The van der Waals surface area contributed by atoms with Crippen molar-refractivity contribution in [2.45, 2.75) is 10.2 Å². The molecule has 0 unspecified atom stereocenters. The lowest BCUT2D eigenvalue weighted by atomic mass is 9.90. The second-order valence-corrected chi connectivity index (χ2v) is 9.28.